The van der Waals surface area contributed by atoms with Gasteiger partial charge in [0, 0.05) is 18.2 Å². The van der Waals surface area contributed by atoms with Crippen LogP contribution >= 0.6 is 0 Å². The Labute approximate surface area is 125 Å². The van der Waals surface area contributed by atoms with Crippen molar-refractivity contribution >= 4 is 0 Å². The molecule has 0 saturated heterocycles. The maximum Gasteiger partial charge on any atom is 0.123 e. The van der Waals surface area contributed by atoms with Gasteiger partial charge in [-0.25, -0.2) is 4.39 Å². The molecule has 1 atom stereocenters. The number of ether oxygens (including phenoxy) is 1. The molecule has 0 bridgehead atoms. The van der Waals surface area contributed by atoms with Crippen molar-refractivity contribution in [1.29, 1.82) is 0 Å². The fourth-order valence-corrected chi connectivity index (χ4v) is 2.73. The van der Waals surface area contributed by atoms with Crippen molar-refractivity contribution in [3.05, 3.63) is 65.5 Å². The summed E-state index contributed by atoms with van der Waals surface area (Å²) >= 11 is 0. The van der Waals surface area contributed by atoms with Gasteiger partial charge in [0.05, 0.1) is 7.11 Å². The van der Waals surface area contributed by atoms with Crippen molar-refractivity contribution in [3.63, 3.8) is 0 Å². The summed E-state index contributed by atoms with van der Waals surface area (Å²) in [5, 5.41) is 3.61. The van der Waals surface area contributed by atoms with Crippen LogP contribution < -0.4 is 10.1 Å². The molecule has 0 amide bonds. The van der Waals surface area contributed by atoms with E-state index in [2.05, 4.69) is 11.4 Å². The lowest BCUT2D eigenvalue weighted by Crippen LogP contribution is -2.23. The van der Waals surface area contributed by atoms with Crippen molar-refractivity contribution in [2.75, 3.05) is 7.11 Å². The van der Waals surface area contributed by atoms with E-state index in [4.69, 9.17) is 4.74 Å². The number of rotatable bonds is 6. The van der Waals surface area contributed by atoms with Gasteiger partial charge in [-0.15, -0.1) is 0 Å². The van der Waals surface area contributed by atoms with Crippen LogP contribution in [0.3, 0.4) is 0 Å². The fourth-order valence-electron chi connectivity index (χ4n) is 2.73. The summed E-state index contributed by atoms with van der Waals surface area (Å²) in [6.07, 6.45) is 2.47. The average Bonchev–Trinajstić information content (AvgIpc) is 3.34. The predicted octanol–water partition coefficient (Wildman–Crippen LogP) is 4.08. The minimum Gasteiger partial charge on any atom is -0.496 e. The molecule has 110 valence electrons. The number of hydrogen-bond donors (Lipinski definition) is 1. The van der Waals surface area contributed by atoms with Crippen LogP contribution in [0.2, 0.25) is 0 Å². The van der Waals surface area contributed by atoms with Gasteiger partial charge < -0.3 is 10.1 Å². The molecule has 3 heteroatoms. The lowest BCUT2D eigenvalue weighted by Gasteiger charge is -2.20. The van der Waals surface area contributed by atoms with Gasteiger partial charge in [0.15, 0.2) is 0 Å². The van der Waals surface area contributed by atoms with E-state index in [0.29, 0.717) is 5.92 Å². The Kier molecular flexibility index (Phi) is 4.20. The van der Waals surface area contributed by atoms with Crippen LogP contribution in [0.5, 0.6) is 5.75 Å². The van der Waals surface area contributed by atoms with E-state index < -0.39 is 0 Å². The van der Waals surface area contributed by atoms with Crippen molar-refractivity contribution in [3.8, 4) is 5.75 Å². The molecule has 21 heavy (non-hydrogen) atoms. The van der Waals surface area contributed by atoms with Crippen LogP contribution in [0.1, 0.15) is 30.0 Å². The highest BCUT2D eigenvalue weighted by molar-refractivity contribution is 5.33. The molecule has 1 unspecified atom stereocenters. The molecule has 1 N–H and O–H groups in total. The molecule has 2 nitrogen and oxygen atoms in total. The van der Waals surface area contributed by atoms with Crippen LogP contribution in [-0.2, 0) is 6.54 Å². The summed E-state index contributed by atoms with van der Waals surface area (Å²) in [5.41, 5.74) is 2.31. The Hall–Kier alpha value is -1.87. The average molecular weight is 285 g/mol. The molecule has 1 aliphatic rings. The Bertz CT molecular complexity index is 592. The first-order chi connectivity index (χ1) is 10.3. The molecule has 1 saturated carbocycles. The van der Waals surface area contributed by atoms with E-state index in [0.717, 1.165) is 23.4 Å². The maximum absolute atomic E-state index is 13.1. The number of para-hydroxylation sites is 1. The molecule has 2 aromatic carbocycles. The lowest BCUT2D eigenvalue weighted by atomic mass is 10.0. The Morgan fingerprint density at radius 2 is 1.86 bits per heavy atom. The molecule has 1 fully saturated rings. The Balaban J connectivity index is 1.72. The summed E-state index contributed by atoms with van der Waals surface area (Å²) < 4.78 is 18.5. The van der Waals surface area contributed by atoms with Crippen LogP contribution in [0.15, 0.2) is 48.5 Å². The summed E-state index contributed by atoms with van der Waals surface area (Å²) in [7, 11) is 1.69. The monoisotopic (exact) mass is 285 g/mol. The van der Waals surface area contributed by atoms with Gasteiger partial charge in [0.25, 0.3) is 0 Å². The van der Waals surface area contributed by atoms with Crippen LogP contribution in [0.25, 0.3) is 0 Å². The molecule has 0 spiro atoms. The van der Waals surface area contributed by atoms with E-state index in [1.807, 2.05) is 30.3 Å². The predicted molar refractivity (Wildman–Crippen MR) is 81.7 cm³/mol. The summed E-state index contributed by atoms with van der Waals surface area (Å²) in [6, 6.07) is 15.2. The van der Waals surface area contributed by atoms with Gasteiger partial charge in [-0.2, -0.15) is 0 Å². The second-order valence-electron chi connectivity index (χ2n) is 5.56. The van der Waals surface area contributed by atoms with E-state index in [9.17, 15) is 4.39 Å². The zero-order valence-electron chi connectivity index (χ0n) is 12.2. The second kappa shape index (κ2) is 6.27. The number of halogens is 1. The van der Waals surface area contributed by atoms with Crippen molar-refractivity contribution < 1.29 is 9.13 Å². The Morgan fingerprint density at radius 1 is 1.14 bits per heavy atom. The lowest BCUT2D eigenvalue weighted by molar-refractivity contribution is 0.402. The topological polar surface area (TPSA) is 21.3 Å². The minimum absolute atomic E-state index is 0.182. The minimum atomic E-state index is -0.182. The highest BCUT2D eigenvalue weighted by Gasteiger charge is 2.32. The normalized spacial score (nSPS) is 15.7. The highest BCUT2D eigenvalue weighted by atomic mass is 19.1. The standard InChI is InChI=1S/C18H20FNO/c1-21-17-5-3-2-4-15(17)12-20-18(13-6-7-13)14-8-10-16(19)11-9-14/h2-5,8-11,13,18,20H,6-7,12H2,1H3. The second-order valence-corrected chi connectivity index (χ2v) is 5.56. The zero-order valence-corrected chi connectivity index (χ0v) is 12.2. The maximum atomic E-state index is 13.1. The van der Waals surface area contributed by atoms with Gasteiger partial charge in [-0.1, -0.05) is 30.3 Å². The Morgan fingerprint density at radius 3 is 2.52 bits per heavy atom. The van der Waals surface area contributed by atoms with E-state index in [-0.39, 0.29) is 11.9 Å². The van der Waals surface area contributed by atoms with Gasteiger partial charge in [0.2, 0.25) is 0 Å². The van der Waals surface area contributed by atoms with Crippen LogP contribution in [0, 0.1) is 11.7 Å². The molecule has 2 aromatic rings. The molecule has 1 aliphatic carbocycles. The first-order valence-corrected chi connectivity index (χ1v) is 7.38. The third-order valence-corrected chi connectivity index (χ3v) is 4.03. The SMILES string of the molecule is COc1ccccc1CNC(c1ccc(F)cc1)C1CC1. The van der Waals surface area contributed by atoms with Gasteiger partial charge >= 0.3 is 0 Å². The van der Waals surface area contributed by atoms with E-state index in [1.165, 1.54) is 25.0 Å². The summed E-state index contributed by atoms with van der Waals surface area (Å²) in [5.74, 6) is 1.38. The molecule has 3 rings (SSSR count). The molecule has 0 heterocycles. The molecular weight excluding hydrogens is 265 g/mol. The van der Waals surface area contributed by atoms with Gasteiger partial charge in [0.1, 0.15) is 11.6 Å². The number of methoxy groups -OCH3 is 1. The first kappa shape index (κ1) is 14.1. The molecular formula is C18H20FNO. The highest BCUT2D eigenvalue weighted by Crippen LogP contribution is 2.41. The van der Waals surface area contributed by atoms with Crippen molar-refractivity contribution in [2.45, 2.75) is 25.4 Å². The fraction of sp³-hybridized carbons (Fsp3) is 0.333. The summed E-state index contributed by atoms with van der Waals surface area (Å²) in [4.78, 5) is 0. The summed E-state index contributed by atoms with van der Waals surface area (Å²) in [6.45, 7) is 0.753. The van der Waals surface area contributed by atoms with E-state index >= 15 is 0 Å². The van der Waals surface area contributed by atoms with Crippen molar-refractivity contribution in [2.24, 2.45) is 5.92 Å². The number of benzene rings is 2. The first-order valence-electron chi connectivity index (χ1n) is 7.38. The zero-order chi connectivity index (χ0) is 14.7. The molecule has 0 aliphatic heterocycles. The molecule has 0 radical (unpaired) electrons. The van der Waals surface area contributed by atoms with Crippen LogP contribution in [0.4, 0.5) is 4.39 Å². The van der Waals surface area contributed by atoms with Crippen LogP contribution in [-0.4, -0.2) is 7.11 Å². The van der Waals surface area contributed by atoms with Gasteiger partial charge in [-0.05, 0) is 42.5 Å². The third-order valence-electron chi connectivity index (χ3n) is 4.03. The number of nitrogens with one attached hydrogen (secondary N) is 1. The largest absolute Gasteiger partial charge is 0.496 e. The number of hydrogen-bond acceptors (Lipinski definition) is 2. The van der Waals surface area contributed by atoms with Crippen molar-refractivity contribution in [1.82, 2.24) is 5.32 Å². The van der Waals surface area contributed by atoms with Gasteiger partial charge in [-0.3, -0.25) is 0 Å². The quantitative estimate of drug-likeness (QED) is 0.863. The molecule has 0 aromatic heterocycles. The van der Waals surface area contributed by atoms with E-state index in [1.54, 1.807) is 7.11 Å². The third kappa shape index (κ3) is 3.42. The smallest absolute Gasteiger partial charge is 0.123 e.